The van der Waals surface area contributed by atoms with Crippen molar-refractivity contribution < 1.29 is 4.74 Å². The van der Waals surface area contributed by atoms with Crippen molar-refractivity contribution in [3.63, 3.8) is 0 Å². The first-order valence-corrected chi connectivity index (χ1v) is 12.0. The van der Waals surface area contributed by atoms with E-state index in [9.17, 15) is 0 Å². The lowest BCUT2D eigenvalue weighted by atomic mass is 9.69. The molecule has 0 saturated heterocycles. The first-order valence-electron chi connectivity index (χ1n) is 12.0. The van der Waals surface area contributed by atoms with Gasteiger partial charge in [-0.3, -0.25) is 0 Å². The van der Waals surface area contributed by atoms with Crippen molar-refractivity contribution in [3.05, 3.63) is 47.5 Å². The maximum absolute atomic E-state index is 6.33. The molecule has 2 unspecified atom stereocenters. The third kappa shape index (κ3) is 5.29. The van der Waals surface area contributed by atoms with Crippen molar-refractivity contribution in [1.29, 1.82) is 0 Å². The highest BCUT2D eigenvalue weighted by molar-refractivity contribution is 5.24. The van der Waals surface area contributed by atoms with Gasteiger partial charge < -0.3 is 4.74 Å². The Morgan fingerprint density at radius 3 is 2.00 bits per heavy atom. The highest BCUT2D eigenvalue weighted by Gasteiger charge is 2.31. The number of benzene rings is 1. The summed E-state index contributed by atoms with van der Waals surface area (Å²) in [5.74, 6) is 4.20. The highest BCUT2D eigenvalue weighted by Crippen LogP contribution is 2.43. The zero-order valence-corrected chi connectivity index (χ0v) is 18.1. The molecule has 2 saturated carbocycles. The Hall–Kier alpha value is -1.08. The smallest absolute Gasteiger partial charge is 0.0575 e. The Kier molecular flexibility index (Phi) is 6.94. The van der Waals surface area contributed by atoms with E-state index in [1.165, 1.54) is 69.8 Å². The molecule has 0 bridgehead atoms. The number of rotatable bonds is 5. The molecule has 1 heteroatoms. The number of ether oxygens (including phenoxy) is 1. The molecule has 0 N–H and O–H groups in total. The van der Waals surface area contributed by atoms with Crippen LogP contribution < -0.4 is 0 Å². The molecule has 1 aromatic carbocycles. The van der Waals surface area contributed by atoms with Crippen molar-refractivity contribution in [2.45, 2.75) is 90.1 Å². The zero-order valence-electron chi connectivity index (χ0n) is 18.1. The third-order valence-corrected chi connectivity index (χ3v) is 7.96. The van der Waals surface area contributed by atoms with Gasteiger partial charge in [0.2, 0.25) is 0 Å². The SMILES string of the molecule is Cc1ccc(C2CCC(C3CCC(OCC4C=CC(C)CC4)CC3)CC2)cc1. The summed E-state index contributed by atoms with van der Waals surface area (Å²) in [6.07, 6.45) is 19.1. The number of aryl methyl sites for hydroxylation is 1. The average molecular weight is 381 g/mol. The van der Waals surface area contributed by atoms with Crippen LogP contribution in [0.25, 0.3) is 0 Å². The lowest BCUT2D eigenvalue weighted by Crippen LogP contribution is -2.29. The van der Waals surface area contributed by atoms with Gasteiger partial charge in [-0.05, 0) is 100 Å². The Labute approximate surface area is 173 Å². The summed E-state index contributed by atoms with van der Waals surface area (Å²) in [6.45, 7) is 5.47. The van der Waals surface area contributed by atoms with Gasteiger partial charge in [-0.1, -0.05) is 48.9 Å². The van der Waals surface area contributed by atoms with E-state index in [0.29, 0.717) is 12.0 Å². The summed E-state index contributed by atoms with van der Waals surface area (Å²) in [5, 5.41) is 0. The van der Waals surface area contributed by atoms with Crippen molar-refractivity contribution in [1.82, 2.24) is 0 Å². The molecule has 2 atom stereocenters. The molecule has 3 aliphatic carbocycles. The second-order valence-corrected chi connectivity index (χ2v) is 10.1. The Balaban J connectivity index is 1.16. The lowest BCUT2D eigenvalue weighted by Gasteiger charge is -2.38. The van der Waals surface area contributed by atoms with Gasteiger partial charge in [-0.15, -0.1) is 0 Å². The summed E-state index contributed by atoms with van der Waals surface area (Å²) in [4.78, 5) is 0. The van der Waals surface area contributed by atoms with Crippen LogP contribution in [0.1, 0.15) is 88.2 Å². The Morgan fingerprint density at radius 1 is 0.750 bits per heavy atom. The fourth-order valence-corrected chi connectivity index (χ4v) is 5.90. The standard InChI is InChI=1S/C27H40O/c1-20-3-7-22(8-4-20)19-28-27-17-15-26(16-18-27)25-13-11-24(12-14-25)23-9-5-21(2)6-10-23/h3,5-7,9-10,20,22,24-27H,4,8,11-19H2,1-2H3. The normalized spacial score (nSPS) is 36.4. The van der Waals surface area contributed by atoms with Crippen LogP contribution in [0.5, 0.6) is 0 Å². The number of hydrogen-bond donors (Lipinski definition) is 0. The monoisotopic (exact) mass is 380 g/mol. The second-order valence-electron chi connectivity index (χ2n) is 10.1. The molecule has 3 aliphatic rings. The molecule has 1 aromatic rings. The molecular formula is C27H40O. The minimum absolute atomic E-state index is 0.535. The van der Waals surface area contributed by atoms with Crippen LogP contribution >= 0.6 is 0 Å². The third-order valence-electron chi connectivity index (χ3n) is 7.96. The van der Waals surface area contributed by atoms with E-state index in [0.717, 1.165) is 30.3 Å². The van der Waals surface area contributed by atoms with Gasteiger partial charge in [0.25, 0.3) is 0 Å². The molecular weight excluding hydrogens is 340 g/mol. The molecule has 0 heterocycles. The van der Waals surface area contributed by atoms with E-state index < -0.39 is 0 Å². The maximum atomic E-state index is 6.33. The van der Waals surface area contributed by atoms with Crippen LogP contribution in [-0.2, 0) is 4.74 Å². The largest absolute Gasteiger partial charge is 0.378 e. The zero-order chi connectivity index (χ0) is 19.3. The highest BCUT2D eigenvalue weighted by atomic mass is 16.5. The van der Waals surface area contributed by atoms with Gasteiger partial charge in [-0.2, -0.15) is 0 Å². The van der Waals surface area contributed by atoms with Gasteiger partial charge >= 0.3 is 0 Å². The van der Waals surface area contributed by atoms with Crippen molar-refractivity contribution in [3.8, 4) is 0 Å². The molecule has 2 fully saturated rings. The molecule has 154 valence electrons. The van der Waals surface area contributed by atoms with E-state index >= 15 is 0 Å². The van der Waals surface area contributed by atoms with Crippen molar-refractivity contribution in [2.24, 2.45) is 23.7 Å². The molecule has 4 rings (SSSR count). The van der Waals surface area contributed by atoms with Crippen molar-refractivity contribution in [2.75, 3.05) is 6.61 Å². The van der Waals surface area contributed by atoms with E-state index in [1.54, 1.807) is 5.56 Å². The van der Waals surface area contributed by atoms with Gasteiger partial charge in [0.1, 0.15) is 0 Å². The Bertz CT molecular complexity index is 614. The van der Waals surface area contributed by atoms with Crippen LogP contribution in [0, 0.1) is 30.6 Å². The summed E-state index contributed by atoms with van der Waals surface area (Å²) >= 11 is 0. The molecule has 0 aromatic heterocycles. The predicted octanol–water partition coefficient (Wildman–Crippen LogP) is 7.45. The topological polar surface area (TPSA) is 9.23 Å². The van der Waals surface area contributed by atoms with E-state index in [2.05, 4.69) is 50.3 Å². The number of allylic oxidation sites excluding steroid dienone is 1. The van der Waals surface area contributed by atoms with E-state index in [1.807, 2.05) is 0 Å². The van der Waals surface area contributed by atoms with Crippen LogP contribution in [0.2, 0.25) is 0 Å². The molecule has 0 aliphatic heterocycles. The maximum Gasteiger partial charge on any atom is 0.0575 e. The molecule has 0 amide bonds. The van der Waals surface area contributed by atoms with Crippen LogP contribution in [-0.4, -0.2) is 12.7 Å². The van der Waals surface area contributed by atoms with E-state index in [-0.39, 0.29) is 0 Å². The average Bonchev–Trinajstić information content (AvgIpc) is 2.74. The van der Waals surface area contributed by atoms with Crippen LogP contribution in [0.4, 0.5) is 0 Å². The molecule has 28 heavy (non-hydrogen) atoms. The fourth-order valence-electron chi connectivity index (χ4n) is 5.90. The number of hydrogen-bond acceptors (Lipinski definition) is 1. The minimum atomic E-state index is 0.535. The molecule has 1 nitrogen and oxygen atoms in total. The van der Waals surface area contributed by atoms with Gasteiger partial charge in [0, 0.05) is 5.92 Å². The molecule has 0 spiro atoms. The van der Waals surface area contributed by atoms with Gasteiger partial charge in [-0.25, -0.2) is 0 Å². The molecule has 0 radical (unpaired) electrons. The first kappa shape index (κ1) is 20.2. The minimum Gasteiger partial charge on any atom is -0.378 e. The summed E-state index contributed by atoms with van der Waals surface area (Å²) in [7, 11) is 0. The van der Waals surface area contributed by atoms with Gasteiger partial charge in [0.15, 0.2) is 0 Å². The first-order chi connectivity index (χ1) is 13.7. The summed E-state index contributed by atoms with van der Waals surface area (Å²) in [6, 6.07) is 9.30. The lowest BCUT2D eigenvalue weighted by molar-refractivity contribution is -0.00473. The second kappa shape index (κ2) is 9.61. The van der Waals surface area contributed by atoms with Gasteiger partial charge in [0.05, 0.1) is 12.7 Å². The predicted molar refractivity (Wildman–Crippen MR) is 119 cm³/mol. The summed E-state index contributed by atoms with van der Waals surface area (Å²) in [5.41, 5.74) is 2.96. The van der Waals surface area contributed by atoms with E-state index in [4.69, 9.17) is 4.74 Å². The van der Waals surface area contributed by atoms with Crippen LogP contribution in [0.15, 0.2) is 36.4 Å². The van der Waals surface area contributed by atoms with Crippen LogP contribution in [0.3, 0.4) is 0 Å². The Morgan fingerprint density at radius 2 is 1.39 bits per heavy atom. The van der Waals surface area contributed by atoms with Crippen molar-refractivity contribution >= 4 is 0 Å². The quantitative estimate of drug-likeness (QED) is 0.482. The fraction of sp³-hybridized carbons (Fsp3) is 0.704. The summed E-state index contributed by atoms with van der Waals surface area (Å²) < 4.78 is 6.33.